The van der Waals surface area contributed by atoms with Crippen molar-refractivity contribution in [2.45, 2.75) is 31.8 Å². The third kappa shape index (κ3) is 3.58. The number of hydrogen-bond donors (Lipinski definition) is 1. The summed E-state index contributed by atoms with van der Waals surface area (Å²) in [6.45, 7) is 1.19. The molecule has 1 heterocycles. The molecule has 0 bridgehead atoms. The quantitative estimate of drug-likeness (QED) is 0.838. The van der Waals surface area contributed by atoms with Gasteiger partial charge in [0.25, 0.3) is 0 Å². The maximum atomic E-state index is 13.9. The lowest BCUT2D eigenvalue weighted by atomic mass is 10.2. The van der Waals surface area contributed by atoms with Crippen molar-refractivity contribution in [3.05, 3.63) is 52.0 Å². The summed E-state index contributed by atoms with van der Waals surface area (Å²) in [5.74, 6) is 0.128. The van der Waals surface area contributed by atoms with Gasteiger partial charge in [0, 0.05) is 29.4 Å². The first-order chi connectivity index (χ1) is 9.83. The van der Waals surface area contributed by atoms with Gasteiger partial charge in [-0.05, 0) is 30.4 Å². The molecule has 0 saturated heterocycles. The lowest BCUT2D eigenvalue weighted by Gasteiger charge is -2.12. The standard InChI is InChI=1S/C16H18FNOS/c17-15-5-1-3-12(11-18-13-6-7-13)16(15)19-9-8-14-4-2-10-20-14/h1-5,10,13,18H,6-9,11H2. The molecule has 1 aromatic heterocycles. The Hall–Kier alpha value is -1.39. The molecular weight excluding hydrogens is 273 g/mol. The number of para-hydroxylation sites is 1. The predicted molar refractivity (Wildman–Crippen MR) is 79.8 cm³/mol. The van der Waals surface area contributed by atoms with E-state index in [2.05, 4.69) is 11.4 Å². The van der Waals surface area contributed by atoms with Gasteiger partial charge in [-0.15, -0.1) is 11.3 Å². The van der Waals surface area contributed by atoms with E-state index in [9.17, 15) is 4.39 Å². The first kappa shape index (κ1) is 13.6. The molecule has 3 rings (SSSR count). The van der Waals surface area contributed by atoms with Crippen LogP contribution in [0.3, 0.4) is 0 Å². The monoisotopic (exact) mass is 291 g/mol. The number of rotatable bonds is 7. The number of ether oxygens (including phenoxy) is 1. The number of hydrogen-bond acceptors (Lipinski definition) is 3. The summed E-state index contributed by atoms with van der Waals surface area (Å²) in [6, 6.07) is 9.84. The van der Waals surface area contributed by atoms with Crippen molar-refractivity contribution >= 4 is 11.3 Å². The van der Waals surface area contributed by atoms with Crippen molar-refractivity contribution < 1.29 is 9.13 Å². The van der Waals surface area contributed by atoms with Crippen molar-refractivity contribution in [1.82, 2.24) is 5.32 Å². The van der Waals surface area contributed by atoms with Crippen molar-refractivity contribution in [1.29, 1.82) is 0 Å². The summed E-state index contributed by atoms with van der Waals surface area (Å²) in [6.07, 6.45) is 3.27. The maximum absolute atomic E-state index is 13.9. The van der Waals surface area contributed by atoms with Gasteiger partial charge in [-0.25, -0.2) is 4.39 Å². The van der Waals surface area contributed by atoms with Crippen LogP contribution in [-0.4, -0.2) is 12.6 Å². The molecule has 1 N–H and O–H groups in total. The Morgan fingerprint density at radius 1 is 1.25 bits per heavy atom. The number of halogens is 1. The van der Waals surface area contributed by atoms with Crippen LogP contribution in [0.5, 0.6) is 5.75 Å². The van der Waals surface area contributed by atoms with E-state index >= 15 is 0 Å². The van der Waals surface area contributed by atoms with Gasteiger partial charge in [0.15, 0.2) is 11.6 Å². The molecule has 1 fully saturated rings. The zero-order valence-corrected chi connectivity index (χ0v) is 12.1. The molecule has 0 aliphatic heterocycles. The van der Waals surface area contributed by atoms with Gasteiger partial charge in [-0.2, -0.15) is 0 Å². The molecule has 106 valence electrons. The van der Waals surface area contributed by atoms with E-state index in [4.69, 9.17) is 4.74 Å². The van der Waals surface area contributed by atoms with Crippen LogP contribution in [0.1, 0.15) is 23.3 Å². The fourth-order valence-electron chi connectivity index (χ4n) is 2.10. The highest BCUT2D eigenvalue weighted by molar-refractivity contribution is 7.09. The minimum atomic E-state index is -0.272. The summed E-state index contributed by atoms with van der Waals surface area (Å²) < 4.78 is 19.6. The van der Waals surface area contributed by atoms with Crippen molar-refractivity contribution in [2.75, 3.05) is 6.61 Å². The Labute approximate surface area is 122 Å². The molecule has 20 heavy (non-hydrogen) atoms. The summed E-state index contributed by atoms with van der Waals surface area (Å²) in [7, 11) is 0. The maximum Gasteiger partial charge on any atom is 0.165 e. The molecule has 0 radical (unpaired) electrons. The molecule has 0 atom stereocenters. The van der Waals surface area contributed by atoms with Gasteiger partial charge in [0.05, 0.1) is 6.61 Å². The average molecular weight is 291 g/mol. The number of nitrogens with one attached hydrogen (secondary N) is 1. The predicted octanol–water partition coefficient (Wildman–Crippen LogP) is 3.76. The minimum Gasteiger partial charge on any atom is -0.490 e. The lowest BCUT2D eigenvalue weighted by molar-refractivity contribution is 0.302. The van der Waals surface area contributed by atoms with E-state index < -0.39 is 0 Å². The molecule has 4 heteroatoms. The Morgan fingerprint density at radius 3 is 2.90 bits per heavy atom. The Bertz CT molecular complexity index is 552. The molecule has 0 spiro atoms. The Balaban J connectivity index is 1.60. The molecule has 1 saturated carbocycles. The van der Waals surface area contributed by atoms with E-state index in [0.717, 1.165) is 12.0 Å². The zero-order valence-electron chi connectivity index (χ0n) is 11.3. The van der Waals surface area contributed by atoms with Crippen LogP contribution in [0, 0.1) is 5.82 Å². The van der Waals surface area contributed by atoms with Gasteiger partial charge in [-0.3, -0.25) is 0 Å². The van der Waals surface area contributed by atoms with Crippen molar-refractivity contribution in [3.8, 4) is 5.75 Å². The topological polar surface area (TPSA) is 21.3 Å². The van der Waals surface area contributed by atoms with Crippen LogP contribution in [0.15, 0.2) is 35.7 Å². The van der Waals surface area contributed by atoms with Gasteiger partial charge in [0.2, 0.25) is 0 Å². The number of benzene rings is 1. The average Bonchev–Trinajstić information content (AvgIpc) is 3.14. The first-order valence-corrected chi connectivity index (χ1v) is 7.87. The highest BCUT2D eigenvalue weighted by atomic mass is 32.1. The Morgan fingerprint density at radius 2 is 2.15 bits per heavy atom. The summed E-state index contributed by atoms with van der Waals surface area (Å²) >= 11 is 1.70. The normalized spacial score (nSPS) is 14.4. The van der Waals surface area contributed by atoms with E-state index in [1.54, 1.807) is 17.4 Å². The van der Waals surface area contributed by atoms with Crippen molar-refractivity contribution in [2.24, 2.45) is 0 Å². The smallest absolute Gasteiger partial charge is 0.165 e. The largest absolute Gasteiger partial charge is 0.490 e. The first-order valence-electron chi connectivity index (χ1n) is 6.99. The molecule has 1 aromatic carbocycles. The van der Waals surface area contributed by atoms with Gasteiger partial charge in [-0.1, -0.05) is 18.2 Å². The zero-order chi connectivity index (χ0) is 13.8. The fraction of sp³-hybridized carbons (Fsp3) is 0.375. The van der Waals surface area contributed by atoms with Gasteiger partial charge in [0.1, 0.15) is 0 Å². The second kappa shape index (κ2) is 6.37. The number of thiophene rings is 1. The van der Waals surface area contributed by atoms with E-state index in [0.29, 0.717) is 24.9 Å². The SMILES string of the molecule is Fc1cccc(CNC2CC2)c1OCCc1cccs1. The van der Waals surface area contributed by atoms with Crippen LogP contribution >= 0.6 is 11.3 Å². The molecular formula is C16H18FNOS. The summed E-state index contributed by atoms with van der Waals surface area (Å²) in [4.78, 5) is 1.26. The highest BCUT2D eigenvalue weighted by Gasteiger charge is 2.21. The van der Waals surface area contributed by atoms with Crippen LogP contribution < -0.4 is 10.1 Å². The van der Waals surface area contributed by atoms with E-state index in [1.165, 1.54) is 23.8 Å². The van der Waals surface area contributed by atoms with E-state index in [1.807, 2.05) is 17.5 Å². The molecule has 1 aliphatic rings. The Kier molecular flexibility index (Phi) is 4.33. The van der Waals surface area contributed by atoms with Crippen LogP contribution in [-0.2, 0) is 13.0 Å². The summed E-state index contributed by atoms with van der Waals surface area (Å²) in [5.41, 5.74) is 0.906. The second-order valence-corrected chi connectivity index (χ2v) is 6.09. The lowest BCUT2D eigenvalue weighted by Crippen LogP contribution is -2.16. The van der Waals surface area contributed by atoms with Gasteiger partial charge < -0.3 is 10.1 Å². The second-order valence-electron chi connectivity index (χ2n) is 5.06. The highest BCUT2D eigenvalue weighted by Crippen LogP contribution is 2.25. The van der Waals surface area contributed by atoms with Crippen LogP contribution in [0.25, 0.3) is 0 Å². The van der Waals surface area contributed by atoms with Gasteiger partial charge >= 0.3 is 0 Å². The third-order valence-corrected chi connectivity index (χ3v) is 4.32. The van der Waals surface area contributed by atoms with Crippen LogP contribution in [0.2, 0.25) is 0 Å². The molecule has 1 aliphatic carbocycles. The van der Waals surface area contributed by atoms with E-state index in [-0.39, 0.29) is 5.82 Å². The third-order valence-electron chi connectivity index (χ3n) is 3.38. The molecule has 0 unspecified atom stereocenters. The molecule has 2 nitrogen and oxygen atoms in total. The minimum absolute atomic E-state index is 0.272. The fourth-order valence-corrected chi connectivity index (χ4v) is 2.79. The molecule has 0 amide bonds. The van der Waals surface area contributed by atoms with Crippen LogP contribution in [0.4, 0.5) is 4.39 Å². The molecule has 2 aromatic rings. The van der Waals surface area contributed by atoms with Crippen molar-refractivity contribution in [3.63, 3.8) is 0 Å². The summed E-state index contributed by atoms with van der Waals surface area (Å²) in [5, 5.41) is 5.44.